The van der Waals surface area contributed by atoms with E-state index in [2.05, 4.69) is 25.7 Å². The van der Waals surface area contributed by atoms with Gasteiger partial charge in [0.25, 0.3) is 5.97 Å². The third-order valence-corrected chi connectivity index (χ3v) is 10.2. The van der Waals surface area contributed by atoms with E-state index < -0.39 is 5.97 Å². The molecule has 0 aromatic carbocycles. The predicted octanol–water partition coefficient (Wildman–Crippen LogP) is 2.27. The van der Waals surface area contributed by atoms with Crippen molar-refractivity contribution in [3.05, 3.63) is 0 Å². The number of carbonyl (C=O) groups excluding carboxylic acids is 1. The molecule has 0 amide bonds. The Hall–Kier alpha value is 0.430. The first kappa shape index (κ1) is 23.1. The van der Waals surface area contributed by atoms with Crippen LogP contribution in [0.3, 0.4) is 0 Å². The number of fused-ring (bicyclic) bond motifs is 5. The third-order valence-electron chi connectivity index (χ3n) is 10.2. The van der Waals surface area contributed by atoms with Crippen LogP contribution in [0.4, 0.5) is 0 Å². The van der Waals surface area contributed by atoms with Crippen molar-refractivity contribution in [2.45, 2.75) is 97.8 Å². The topological polar surface area (TPSA) is 49.4 Å². The molecular formula is C24H39NaO3. The zero-order valence-corrected chi connectivity index (χ0v) is 20.7. The van der Waals surface area contributed by atoms with Gasteiger partial charge in [-0.1, -0.05) is 33.6 Å². The Bertz CT molecular complexity index is 566. The fraction of sp³-hybridized carbons (Fsp3) is 0.958. The zero-order chi connectivity index (χ0) is 19.2. The van der Waals surface area contributed by atoms with Crippen LogP contribution in [0.15, 0.2) is 0 Å². The van der Waals surface area contributed by atoms with E-state index >= 15 is 0 Å². The number of hydrogen-bond donors (Lipinski definition) is 0. The molecule has 4 saturated carbocycles. The summed E-state index contributed by atoms with van der Waals surface area (Å²) in [5, 5.41) is 10.3. The molecule has 0 N–H and O–H groups in total. The van der Waals surface area contributed by atoms with Crippen molar-refractivity contribution in [1.82, 2.24) is 0 Å². The van der Waals surface area contributed by atoms with Crippen molar-refractivity contribution in [2.24, 2.45) is 46.3 Å². The van der Waals surface area contributed by atoms with Gasteiger partial charge in [0.15, 0.2) is 0 Å². The van der Waals surface area contributed by atoms with Gasteiger partial charge in [0.05, 0.1) is 0 Å². The summed E-state index contributed by atoms with van der Waals surface area (Å²) >= 11 is 0. The van der Waals surface area contributed by atoms with Crippen LogP contribution < -0.4 is 34.8 Å². The van der Waals surface area contributed by atoms with E-state index in [1.807, 2.05) is 0 Å². The molecule has 3 nitrogen and oxygen atoms in total. The first-order valence-corrected chi connectivity index (χ1v) is 11.7. The average Bonchev–Trinajstić information content (AvgIpc) is 3.02. The summed E-state index contributed by atoms with van der Waals surface area (Å²) in [7, 11) is 0. The van der Waals surface area contributed by atoms with Gasteiger partial charge < -0.3 is 10.1 Å². The molecule has 0 aliphatic heterocycles. The van der Waals surface area contributed by atoms with Gasteiger partial charge >= 0.3 is 29.6 Å². The maximum Gasteiger partial charge on any atom is 1.00 e. The third kappa shape index (κ3) is 3.76. The molecule has 4 aliphatic carbocycles. The molecule has 0 spiro atoms. The van der Waals surface area contributed by atoms with Crippen LogP contribution in [-0.2, 0) is 9.68 Å². The fourth-order valence-electron chi connectivity index (χ4n) is 8.86. The first-order chi connectivity index (χ1) is 12.9. The van der Waals surface area contributed by atoms with Crippen molar-refractivity contribution >= 4 is 5.97 Å². The van der Waals surface area contributed by atoms with Gasteiger partial charge in [0.1, 0.15) is 0 Å². The molecule has 1 unspecified atom stereocenters. The van der Waals surface area contributed by atoms with E-state index in [-0.39, 0.29) is 36.0 Å². The fourth-order valence-corrected chi connectivity index (χ4v) is 8.86. The summed E-state index contributed by atoms with van der Waals surface area (Å²) in [6, 6.07) is 0. The second-order valence-electron chi connectivity index (χ2n) is 11.1. The standard InChI is InChI=1S/C24H40O3.Na/c1-16(7-12-22(25)27-26)19-10-11-20-18-9-8-17-6-4-5-14-23(17,2)21(18)13-15-24(19,20)3;/h16-21,26H,4-15H2,1-3H3;/q;+1/p-1/t16-,17?,18+,19-,20+,21+,23+,24-;/m1./s1. The Labute approximate surface area is 194 Å². The largest absolute Gasteiger partial charge is 1.00 e. The molecule has 4 heteroatoms. The molecule has 154 valence electrons. The quantitative estimate of drug-likeness (QED) is 0.415. The van der Waals surface area contributed by atoms with Gasteiger partial charge in [-0.25, -0.2) is 0 Å². The van der Waals surface area contributed by atoms with E-state index in [1.165, 1.54) is 64.2 Å². The normalized spacial score (nSPS) is 45.8. The van der Waals surface area contributed by atoms with E-state index in [0.717, 1.165) is 30.1 Å². The monoisotopic (exact) mass is 398 g/mol. The number of hydrogen-bond acceptors (Lipinski definition) is 3. The Balaban J connectivity index is 0.00000225. The SMILES string of the molecule is C[C@H](CCC(=O)O[O-])[C@H]1CC[C@H]2[C@@H]3CCC4CCCC[C@]4(C)[C@H]3CC[C@]12C.[Na+]. The van der Waals surface area contributed by atoms with Crippen molar-refractivity contribution in [2.75, 3.05) is 0 Å². The summed E-state index contributed by atoms with van der Waals surface area (Å²) in [5.41, 5.74) is 1.06. The maximum absolute atomic E-state index is 11.3. The molecule has 4 aliphatic rings. The van der Waals surface area contributed by atoms with Gasteiger partial charge in [-0.15, -0.1) is 0 Å². The Morgan fingerprint density at radius 1 is 1.00 bits per heavy atom. The summed E-state index contributed by atoms with van der Waals surface area (Å²) in [4.78, 5) is 15.0. The first-order valence-electron chi connectivity index (χ1n) is 11.7. The maximum atomic E-state index is 11.3. The van der Waals surface area contributed by atoms with Crippen molar-refractivity contribution < 1.29 is 44.5 Å². The molecule has 0 radical (unpaired) electrons. The van der Waals surface area contributed by atoms with Crippen LogP contribution in [0.5, 0.6) is 0 Å². The minimum atomic E-state index is -0.589. The zero-order valence-electron chi connectivity index (χ0n) is 18.7. The minimum Gasteiger partial charge on any atom is -0.662 e. The Morgan fingerprint density at radius 2 is 1.75 bits per heavy atom. The van der Waals surface area contributed by atoms with Crippen LogP contribution >= 0.6 is 0 Å². The summed E-state index contributed by atoms with van der Waals surface area (Å²) in [6.45, 7) is 7.53. The summed E-state index contributed by atoms with van der Waals surface area (Å²) in [5.74, 6) is 4.40. The molecule has 0 saturated heterocycles. The van der Waals surface area contributed by atoms with E-state index in [9.17, 15) is 10.1 Å². The van der Waals surface area contributed by atoms with Gasteiger partial charge in [-0.2, -0.15) is 0 Å². The molecule has 8 atom stereocenters. The van der Waals surface area contributed by atoms with Gasteiger partial charge in [0.2, 0.25) is 0 Å². The predicted molar refractivity (Wildman–Crippen MR) is 104 cm³/mol. The van der Waals surface area contributed by atoms with E-state index in [4.69, 9.17) is 0 Å². The van der Waals surface area contributed by atoms with Crippen molar-refractivity contribution in [3.8, 4) is 0 Å². The van der Waals surface area contributed by atoms with Crippen LogP contribution in [0.2, 0.25) is 0 Å². The molecule has 0 aromatic heterocycles. The van der Waals surface area contributed by atoms with Crippen LogP contribution in [-0.4, -0.2) is 5.97 Å². The molecule has 0 heterocycles. The molecule has 0 aromatic rings. The number of rotatable bonds is 4. The average molecular weight is 399 g/mol. The van der Waals surface area contributed by atoms with Crippen LogP contribution in [0, 0.1) is 46.3 Å². The Kier molecular flexibility index (Phi) is 7.33. The van der Waals surface area contributed by atoms with Gasteiger partial charge in [-0.05, 0) is 104 Å². The van der Waals surface area contributed by atoms with Gasteiger partial charge in [0, 0.05) is 6.42 Å². The minimum absolute atomic E-state index is 0. The van der Waals surface area contributed by atoms with Gasteiger partial charge in [-0.3, -0.25) is 4.79 Å². The van der Waals surface area contributed by atoms with E-state index in [0.29, 0.717) is 22.7 Å². The van der Waals surface area contributed by atoms with E-state index in [1.54, 1.807) is 0 Å². The molecule has 28 heavy (non-hydrogen) atoms. The molecule has 4 fully saturated rings. The summed E-state index contributed by atoms with van der Waals surface area (Å²) in [6.07, 6.45) is 15.4. The van der Waals surface area contributed by atoms with Crippen molar-refractivity contribution in [1.29, 1.82) is 0 Å². The number of carbonyl (C=O) groups is 1. The smallest absolute Gasteiger partial charge is 0.662 e. The van der Waals surface area contributed by atoms with Crippen molar-refractivity contribution in [3.63, 3.8) is 0 Å². The molecule has 4 rings (SSSR count). The molecule has 0 bridgehead atoms. The molecular weight excluding hydrogens is 359 g/mol. The second kappa shape index (κ2) is 8.89. The van der Waals surface area contributed by atoms with Crippen LogP contribution in [0.1, 0.15) is 97.8 Å². The Morgan fingerprint density at radius 3 is 2.50 bits per heavy atom. The summed E-state index contributed by atoms with van der Waals surface area (Å²) < 4.78 is 0. The van der Waals surface area contributed by atoms with Crippen LogP contribution in [0.25, 0.3) is 0 Å². The second-order valence-corrected chi connectivity index (χ2v) is 11.1.